The van der Waals surface area contributed by atoms with E-state index in [1.165, 1.54) is 0 Å². The molecular weight excluding hydrogens is 476 g/mol. The van der Waals surface area contributed by atoms with Crippen molar-refractivity contribution in [3.05, 3.63) is 24.2 Å². The van der Waals surface area contributed by atoms with Crippen LogP contribution in [0.25, 0.3) is 0 Å². The van der Waals surface area contributed by atoms with Gasteiger partial charge in [0.05, 0.1) is 42.9 Å². The van der Waals surface area contributed by atoms with Crippen LogP contribution in [0.4, 0.5) is 0 Å². The standard InChI is InChI=1S/C29H40O8/c1-15(2)34-21(31)13-20-27(6)17-8-10-26(5)22(16-9-11-33-14-16)35-24(32)23-29(26,37-23)28(17,7)19(30)12-18(27)25(3,4)36-20/h9,11,14-15,17-20,22-23,30H,8,10,12-13H2,1-7H3/t17-,18+,19?,20-,22+,23-,26+,27-,28+,29-/m0/s1. The zero-order valence-corrected chi connectivity index (χ0v) is 22.9. The number of epoxide rings is 1. The van der Waals surface area contributed by atoms with Crippen molar-refractivity contribution in [2.45, 2.75) is 116 Å². The van der Waals surface area contributed by atoms with Crippen LogP contribution in [0.2, 0.25) is 0 Å². The highest BCUT2D eigenvalue weighted by Crippen LogP contribution is 2.80. The molecule has 6 rings (SSSR count). The number of aliphatic hydroxyl groups excluding tert-OH is 1. The maximum atomic E-state index is 13.2. The van der Waals surface area contributed by atoms with E-state index in [1.807, 2.05) is 19.9 Å². The van der Waals surface area contributed by atoms with E-state index in [9.17, 15) is 14.7 Å². The van der Waals surface area contributed by atoms with Gasteiger partial charge in [0, 0.05) is 21.8 Å². The molecule has 1 unspecified atom stereocenters. The molecular formula is C29H40O8. The van der Waals surface area contributed by atoms with Gasteiger partial charge in [-0.1, -0.05) is 20.8 Å². The van der Waals surface area contributed by atoms with Crippen molar-refractivity contribution >= 4 is 11.9 Å². The topological polar surface area (TPSA) is 108 Å². The van der Waals surface area contributed by atoms with Crippen molar-refractivity contribution in [3.8, 4) is 0 Å². The van der Waals surface area contributed by atoms with Crippen molar-refractivity contribution < 1.29 is 38.1 Å². The van der Waals surface area contributed by atoms with Gasteiger partial charge in [-0.2, -0.15) is 0 Å². The van der Waals surface area contributed by atoms with Crippen molar-refractivity contribution in [2.24, 2.45) is 28.1 Å². The number of furan rings is 1. The smallest absolute Gasteiger partial charge is 0.339 e. The highest BCUT2D eigenvalue weighted by atomic mass is 16.7. The van der Waals surface area contributed by atoms with Gasteiger partial charge in [-0.15, -0.1) is 0 Å². The summed E-state index contributed by atoms with van der Waals surface area (Å²) in [5.74, 6) is -0.666. The summed E-state index contributed by atoms with van der Waals surface area (Å²) in [6.45, 7) is 14.3. The lowest BCUT2D eigenvalue weighted by atomic mass is 9.37. The molecule has 3 aliphatic heterocycles. The molecule has 4 heterocycles. The Balaban J connectivity index is 1.45. The minimum absolute atomic E-state index is 0.0306. The van der Waals surface area contributed by atoms with Crippen LogP contribution in [-0.2, 0) is 28.5 Å². The van der Waals surface area contributed by atoms with Gasteiger partial charge in [0.25, 0.3) is 0 Å². The largest absolute Gasteiger partial charge is 0.472 e. The molecule has 8 heteroatoms. The molecule has 10 atom stereocenters. The fourth-order valence-corrected chi connectivity index (χ4v) is 9.69. The Morgan fingerprint density at radius 1 is 1.14 bits per heavy atom. The monoisotopic (exact) mass is 516 g/mol. The summed E-state index contributed by atoms with van der Waals surface area (Å²) < 4.78 is 30.0. The summed E-state index contributed by atoms with van der Waals surface area (Å²) >= 11 is 0. The van der Waals surface area contributed by atoms with Gasteiger partial charge in [-0.25, -0.2) is 4.79 Å². The molecule has 1 aromatic heterocycles. The second-order valence-electron chi connectivity index (χ2n) is 13.5. The van der Waals surface area contributed by atoms with E-state index in [0.717, 1.165) is 18.4 Å². The Hall–Kier alpha value is -1.90. The van der Waals surface area contributed by atoms with Gasteiger partial charge in [0.2, 0.25) is 0 Å². The fraction of sp³-hybridized carbons (Fsp3) is 0.793. The SMILES string of the molecule is CC(C)OC(=O)C[C@@H]1OC(C)(C)[C@H]2CC(O)[C@@]3(C)[C@@H](CC[C@]4(C)[C@@H](c5ccoc5)OC(=O)[C@@H]5O[C@]534)[C@]12C. The van der Waals surface area contributed by atoms with Crippen LogP contribution in [-0.4, -0.2) is 52.7 Å². The molecule has 5 aliphatic rings. The number of carbonyl (C=O) groups is 2. The Morgan fingerprint density at radius 2 is 1.86 bits per heavy atom. The molecule has 2 aliphatic carbocycles. The van der Waals surface area contributed by atoms with E-state index in [2.05, 4.69) is 34.6 Å². The summed E-state index contributed by atoms with van der Waals surface area (Å²) in [4.78, 5) is 26.1. The summed E-state index contributed by atoms with van der Waals surface area (Å²) in [6, 6.07) is 1.84. The van der Waals surface area contributed by atoms with Crippen LogP contribution in [0.15, 0.2) is 23.0 Å². The fourth-order valence-electron chi connectivity index (χ4n) is 9.69. The van der Waals surface area contributed by atoms with Gasteiger partial charge < -0.3 is 28.5 Å². The van der Waals surface area contributed by atoms with Crippen molar-refractivity contribution in [1.82, 2.24) is 0 Å². The second-order valence-corrected chi connectivity index (χ2v) is 13.5. The first-order chi connectivity index (χ1) is 17.2. The normalized spacial score (nSPS) is 49.4. The summed E-state index contributed by atoms with van der Waals surface area (Å²) in [7, 11) is 0. The number of ether oxygens (including phenoxy) is 4. The Morgan fingerprint density at radius 3 is 2.51 bits per heavy atom. The zero-order valence-electron chi connectivity index (χ0n) is 22.9. The number of hydrogen-bond donors (Lipinski definition) is 1. The third-order valence-electron chi connectivity index (χ3n) is 11.2. The number of aliphatic hydroxyl groups is 1. The first kappa shape index (κ1) is 25.4. The number of hydrogen-bond acceptors (Lipinski definition) is 8. The van der Waals surface area contributed by atoms with E-state index in [1.54, 1.807) is 12.5 Å². The first-order valence-corrected chi connectivity index (χ1v) is 13.7. The maximum Gasteiger partial charge on any atom is 0.339 e. The van der Waals surface area contributed by atoms with Gasteiger partial charge >= 0.3 is 11.9 Å². The molecule has 1 aromatic rings. The zero-order chi connectivity index (χ0) is 26.8. The van der Waals surface area contributed by atoms with Crippen LogP contribution >= 0.6 is 0 Å². The lowest BCUT2D eigenvalue weighted by molar-refractivity contribution is -0.246. The van der Waals surface area contributed by atoms with Crippen molar-refractivity contribution in [3.63, 3.8) is 0 Å². The van der Waals surface area contributed by atoms with E-state index in [0.29, 0.717) is 6.42 Å². The third-order valence-corrected chi connectivity index (χ3v) is 11.2. The summed E-state index contributed by atoms with van der Waals surface area (Å²) in [5, 5.41) is 12.0. The van der Waals surface area contributed by atoms with E-state index in [-0.39, 0.29) is 42.4 Å². The Kier molecular flexibility index (Phi) is 5.22. The van der Waals surface area contributed by atoms with Crippen LogP contribution in [0.1, 0.15) is 85.8 Å². The van der Waals surface area contributed by atoms with Gasteiger partial charge in [0.15, 0.2) is 6.10 Å². The van der Waals surface area contributed by atoms with Crippen LogP contribution in [0.3, 0.4) is 0 Å². The average Bonchev–Trinajstić information content (AvgIpc) is 3.30. The number of carbonyl (C=O) groups excluding carboxylic acids is 2. The van der Waals surface area contributed by atoms with Gasteiger partial charge in [-0.3, -0.25) is 4.79 Å². The lowest BCUT2D eigenvalue weighted by Crippen LogP contribution is -2.72. The predicted octanol–water partition coefficient (Wildman–Crippen LogP) is 4.34. The molecule has 0 radical (unpaired) electrons. The Labute approximate surface area is 218 Å². The number of rotatable bonds is 4. The second kappa shape index (κ2) is 7.60. The number of cyclic esters (lactones) is 1. The van der Waals surface area contributed by atoms with Crippen LogP contribution in [0, 0.1) is 28.1 Å². The van der Waals surface area contributed by atoms with Crippen LogP contribution in [0.5, 0.6) is 0 Å². The molecule has 0 bridgehead atoms. The molecule has 37 heavy (non-hydrogen) atoms. The van der Waals surface area contributed by atoms with Gasteiger partial charge in [-0.05, 0) is 64.9 Å². The quantitative estimate of drug-likeness (QED) is 0.465. The molecule has 0 amide bonds. The lowest BCUT2D eigenvalue weighted by Gasteiger charge is -2.66. The van der Waals surface area contributed by atoms with Crippen molar-refractivity contribution in [2.75, 3.05) is 0 Å². The number of fused-ring (bicyclic) bond motifs is 3. The Bertz CT molecular complexity index is 1110. The minimum Gasteiger partial charge on any atom is -0.472 e. The minimum atomic E-state index is -0.886. The maximum absolute atomic E-state index is 13.2. The molecule has 204 valence electrons. The third kappa shape index (κ3) is 2.95. The van der Waals surface area contributed by atoms with E-state index in [4.69, 9.17) is 23.4 Å². The first-order valence-electron chi connectivity index (χ1n) is 13.7. The molecule has 0 aromatic carbocycles. The van der Waals surface area contributed by atoms with E-state index >= 15 is 0 Å². The molecule has 2 saturated carbocycles. The molecule has 5 fully saturated rings. The molecule has 8 nitrogen and oxygen atoms in total. The molecule has 1 N–H and O–H groups in total. The molecule has 1 spiro atoms. The number of esters is 2. The van der Waals surface area contributed by atoms with Gasteiger partial charge in [0.1, 0.15) is 11.7 Å². The summed E-state index contributed by atoms with van der Waals surface area (Å²) in [5.41, 5.74) is -2.32. The van der Waals surface area contributed by atoms with Crippen molar-refractivity contribution in [1.29, 1.82) is 0 Å². The average molecular weight is 517 g/mol. The summed E-state index contributed by atoms with van der Waals surface area (Å²) in [6.07, 6.45) is 2.89. The van der Waals surface area contributed by atoms with E-state index < -0.39 is 45.8 Å². The highest BCUT2D eigenvalue weighted by molar-refractivity contribution is 5.82. The molecule has 3 saturated heterocycles. The highest BCUT2D eigenvalue weighted by Gasteiger charge is 2.88. The predicted molar refractivity (Wildman–Crippen MR) is 131 cm³/mol. The van der Waals surface area contributed by atoms with Crippen LogP contribution < -0.4 is 0 Å².